The number of para-hydroxylation sites is 1. The molecule has 0 bridgehead atoms. The number of esters is 1. The van der Waals surface area contributed by atoms with Crippen molar-refractivity contribution in [2.24, 2.45) is 0 Å². The first-order valence-corrected chi connectivity index (χ1v) is 9.46. The molecule has 3 N–H and O–H groups in total. The van der Waals surface area contributed by atoms with Crippen molar-refractivity contribution in [2.75, 3.05) is 6.61 Å². The predicted octanol–water partition coefficient (Wildman–Crippen LogP) is 3.15. The number of aromatic nitrogens is 1. The van der Waals surface area contributed by atoms with Gasteiger partial charge >= 0.3 is 5.97 Å². The number of hydrogen-bond donors (Lipinski definition) is 3. The zero-order valence-electron chi connectivity index (χ0n) is 15.5. The van der Waals surface area contributed by atoms with Gasteiger partial charge in [0.25, 0.3) is 11.8 Å². The Morgan fingerprint density at radius 1 is 1.00 bits per heavy atom. The van der Waals surface area contributed by atoms with E-state index in [0.717, 1.165) is 22.9 Å². The molecular formula is C21H20ClN3O4. The van der Waals surface area contributed by atoms with E-state index < -0.39 is 24.4 Å². The Kier molecular flexibility index (Phi) is 6.86. The number of aryl methyl sites for hydroxylation is 1. The number of hydrogen-bond acceptors (Lipinski definition) is 4. The largest absolute Gasteiger partial charge is 0.455 e. The molecule has 1 aromatic heterocycles. The second-order valence-electron chi connectivity index (χ2n) is 6.38. The van der Waals surface area contributed by atoms with Crippen LogP contribution in [0.15, 0.2) is 54.7 Å². The molecule has 0 saturated heterocycles. The van der Waals surface area contributed by atoms with Crippen molar-refractivity contribution >= 4 is 40.3 Å². The van der Waals surface area contributed by atoms with Crippen LogP contribution in [0.2, 0.25) is 5.02 Å². The summed E-state index contributed by atoms with van der Waals surface area (Å²) in [5.41, 5.74) is 6.97. The quantitative estimate of drug-likeness (QED) is 0.409. The third-order valence-corrected chi connectivity index (χ3v) is 4.54. The first-order valence-electron chi connectivity index (χ1n) is 9.08. The average Bonchev–Trinajstić information content (AvgIpc) is 3.14. The number of benzene rings is 2. The van der Waals surface area contributed by atoms with Crippen LogP contribution in [0.1, 0.15) is 28.8 Å². The van der Waals surface area contributed by atoms with Crippen molar-refractivity contribution in [3.63, 3.8) is 0 Å². The van der Waals surface area contributed by atoms with Gasteiger partial charge in [-0.1, -0.05) is 29.8 Å². The molecule has 0 fully saturated rings. The molecule has 29 heavy (non-hydrogen) atoms. The molecular weight excluding hydrogens is 394 g/mol. The number of halogens is 1. The average molecular weight is 414 g/mol. The van der Waals surface area contributed by atoms with Crippen LogP contribution in [-0.2, 0) is 20.7 Å². The van der Waals surface area contributed by atoms with Crippen LogP contribution in [0.25, 0.3) is 10.9 Å². The third kappa shape index (κ3) is 5.83. The Morgan fingerprint density at radius 2 is 1.76 bits per heavy atom. The highest BCUT2D eigenvalue weighted by molar-refractivity contribution is 6.30. The van der Waals surface area contributed by atoms with E-state index in [-0.39, 0.29) is 6.42 Å². The summed E-state index contributed by atoms with van der Waals surface area (Å²) in [6.07, 6.45) is 3.47. The minimum atomic E-state index is -0.628. The summed E-state index contributed by atoms with van der Waals surface area (Å²) >= 11 is 5.75. The molecule has 150 valence electrons. The van der Waals surface area contributed by atoms with Crippen LogP contribution in [0, 0.1) is 0 Å². The van der Waals surface area contributed by atoms with Crippen LogP contribution in [0.5, 0.6) is 0 Å². The number of H-pyrrole nitrogens is 1. The Balaban J connectivity index is 1.34. The number of carbonyl (C=O) groups excluding carboxylic acids is 3. The maximum atomic E-state index is 11.9. The van der Waals surface area contributed by atoms with Gasteiger partial charge in [-0.05, 0) is 48.7 Å². The Bertz CT molecular complexity index is 1010. The predicted molar refractivity (Wildman–Crippen MR) is 109 cm³/mol. The molecule has 0 unspecified atom stereocenters. The van der Waals surface area contributed by atoms with Crippen LogP contribution >= 0.6 is 11.6 Å². The Morgan fingerprint density at radius 3 is 2.55 bits per heavy atom. The number of fused-ring (bicyclic) bond motifs is 1. The third-order valence-electron chi connectivity index (χ3n) is 4.29. The minimum Gasteiger partial charge on any atom is -0.455 e. The number of aromatic amines is 1. The van der Waals surface area contributed by atoms with Gasteiger partial charge in [-0.3, -0.25) is 25.2 Å². The van der Waals surface area contributed by atoms with Crippen molar-refractivity contribution in [2.45, 2.75) is 19.3 Å². The summed E-state index contributed by atoms with van der Waals surface area (Å²) in [4.78, 5) is 38.6. The van der Waals surface area contributed by atoms with Crippen molar-refractivity contribution < 1.29 is 19.1 Å². The van der Waals surface area contributed by atoms with Crippen LogP contribution in [0.3, 0.4) is 0 Å². The first kappa shape index (κ1) is 20.4. The van der Waals surface area contributed by atoms with Crippen LogP contribution in [-0.4, -0.2) is 29.4 Å². The molecule has 0 saturated carbocycles. The number of nitrogens with one attached hydrogen (secondary N) is 3. The molecule has 0 aliphatic heterocycles. The first-order chi connectivity index (χ1) is 14.0. The lowest BCUT2D eigenvalue weighted by molar-refractivity contribution is -0.148. The standard InChI is InChI=1S/C21H20ClN3O4/c22-16-10-8-14(9-11-16)21(28)25-24-19(26)13-29-20(27)7-3-4-15-12-23-18-6-2-1-5-17(15)18/h1-2,5-6,8-12,23H,3-4,7,13H2,(H,24,26)(H,25,28). The molecule has 7 nitrogen and oxygen atoms in total. The van der Waals surface area contributed by atoms with Gasteiger partial charge in [-0.2, -0.15) is 0 Å². The second kappa shape index (κ2) is 9.75. The van der Waals surface area contributed by atoms with Crippen LogP contribution in [0.4, 0.5) is 0 Å². The van der Waals surface area contributed by atoms with Crippen molar-refractivity contribution in [3.8, 4) is 0 Å². The molecule has 0 aliphatic rings. The van der Waals surface area contributed by atoms with Crippen molar-refractivity contribution in [3.05, 3.63) is 70.9 Å². The topological polar surface area (TPSA) is 100 Å². The molecule has 0 aliphatic carbocycles. The van der Waals surface area contributed by atoms with E-state index in [0.29, 0.717) is 17.0 Å². The number of carbonyl (C=O) groups is 3. The monoisotopic (exact) mass is 413 g/mol. The van der Waals surface area contributed by atoms with E-state index in [4.69, 9.17) is 16.3 Å². The molecule has 2 amide bonds. The fourth-order valence-electron chi connectivity index (χ4n) is 2.82. The van der Waals surface area contributed by atoms with E-state index in [1.165, 1.54) is 12.1 Å². The zero-order valence-corrected chi connectivity index (χ0v) is 16.3. The highest BCUT2D eigenvalue weighted by Gasteiger charge is 2.11. The number of rotatable bonds is 7. The highest BCUT2D eigenvalue weighted by Crippen LogP contribution is 2.19. The van der Waals surface area contributed by atoms with E-state index in [1.54, 1.807) is 12.1 Å². The van der Waals surface area contributed by atoms with Gasteiger partial charge in [-0.15, -0.1) is 0 Å². The molecule has 0 atom stereocenters. The van der Waals surface area contributed by atoms with Gasteiger partial charge < -0.3 is 9.72 Å². The number of hydrazine groups is 1. The summed E-state index contributed by atoms with van der Waals surface area (Å²) in [6, 6.07) is 14.1. The summed E-state index contributed by atoms with van der Waals surface area (Å²) in [5.74, 6) is -1.60. The van der Waals surface area contributed by atoms with E-state index in [9.17, 15) is 14.4 Å². The molecule has 8 heteroatoms. The lowest BCUT2D eigenvalue weighted by atomic mass is 10.1. The Hall–Kier alpha value is -3.32. The lowest BCUT2D eigenvalue weighted by Gasteiger charge is -2.08. The summed E-state index contributed by atoms with van der Waals surface area (Å²) < 4.78 is 4.94. The van der Waals surface area contributed by atoms with Gasteiger partial charge in [-0.25, -0.2) is 0 Å². The number of amides is 2. The van der Waals surface area contributed by atoms with Crippen LogP contribution < -0.4 is 10.9 Å². The van der Waals surface area contributed by atoms with Crippen molar-refractivity contribution in [1.82, 2.24) is 15.8 Å². The molecule has 3 rings (SSSR count). The molecule has 2 aromatic carbocycles. The SMILES string of the molecule is O=C(COC(=O)CCCc1c[nH]c2ccccc12)NNC(=O)c1ccc(Cl)cc1. The maximum absolute atomic E-state index is 11.9. The fourth-order valence-corrected chi connectivity index (χ4v) is 2.94. The molecule has 0 radical (unpaired) electrons. The van der Waals surface area contributed by atoms with Gasteiger partial charge in [0.15, 0.2) is 6.61 Å². The molecule has 3 aromatic rings. The zero-order chi connectivity index (χ0) is 20.6. The second-order valence-corrected chi connectivity index (χ2v) is 6.82. The Labute approximate surface area is 172 Å². The number of ether oxygens (including phenoxy) is 1. The fraction of sp³-hybridized carbons (Fsp3) is 0.190. The smallest absolute Gasteiger partial charge is 0.306 e. The van der Waals surface area contributed by atoms with E-state index in [2.05, 4.69) is 15.8 Å². The highest BCUT2D eigenvalue weighted by atomic mass is 35.5. The van der Waals surface area contributed by atoms with E-state index >= 15 is 0 Å². The minimum absolute atomic E-state index is 0.198. The molecule has 1 heterocycles. The van der Waals surface area contributed by atoms with Gasteiger partial charge in [0.05, 0.1) is 0 Å². The summed E-state index contributed by atoms with van der Waals surface area (Å²) in [5, 5.41) is 1.64. The van der Waals surface area contributed by atoms with Gasteiger partial charge in [0, 0.05) is 34.1 Å². The van der Waals surface area contributed by atoms with Gasteiger partial charge in [0.1, 0.15) is 0 Å². The van der Waals surface area contributed by atoms with Gasteiger partial charge in [0.2, 0.25) is 0 Å². The molecule has 0 spiro atoms. The summed E-state index contributed by atoms with van der Waals surface area (Å²) in [6.45, 7) is -0.465. The lowest BCUT2D eigenvalue weighted by Crippen LogP contribution is -2.43. The van der Waals surface area contributed by atoms with Crippen molar-refractivity contribution in [1.29, 1.82) is 0 Å². The normalized spacial score (nSPS) is 10.5. The van der Waals surface area contributed by atoms with E-state index in [1.807, 2.05) is 30.5 Å². The summed E-state index contributed by atoms with van der Waals surface area (Å²) in [7, 11) is 0. The maximum Gasteiger partial charge on any atom is 0.306 e.